The second-order valence-electron chi connectivity index (χ2n) is 4.42. The molecule has 0 fully saturated rings. The van der Waals surface area contributed by atoms with Crippen molar-refractivity contribution in [2.75, 3.05) is 18.6 Å². The lowest BCUT2D eigenvalue weighted by Gasteiger charge is -2.05. The van der Waals surface area contributed by atoms with Gasteiger partial charge in [-0.2, -0.15) is 0 Å². The van der Waals surface area contributed by atoms with Crippen molar-refractivity contribution in [2.45, 2.75) is 4.90 Å². The smallest absolute Gasteiger partial charge is 0.159 e. The molecule has 0 aliphatic rings. The third kappa shape index (κ3) is 6.18. The SMILES string of the molecule is COc1cccc(N=C(N)SCCSc2cc(Cl)ccc2Cl)c1. The molecular weight excluding hydrogens is 371 g/mol. The summed E-state index contributed by atoms with van der Waals surface area (Å²) >= 11 is 15.2. The molecule has 2 aromatic rings. The van der Waals surface area contributed by atoms with Crippen molar-refractivity contribution in [3.63, 3.8) is 0 Å². The Labute approximate surface area is 154 Å². The Balaban J connectivity index is 1.83. The van der Waals surface area contributed by atoms with Gasteiger partial charge in [0, 0.05) is 27.5 Å². The first-order valence-electron chi connectivity index (χ1n) is 6.77. The molecule has 122 valence electrons. The fourth-order valence-corrected chi connectivity index (χ4v) is 3.93. The maximum atomic E-state index is 6.13. The van der Waals surface area contributed by atoms with Gasteiger partial charge in [0.15, 0.2) is 5.17 Å². The Morgan fingerprint density at radius 2 is 2.00 bits per heavy atom. The average molecular weight is 387 g/mol. The number of methoxy groups -OCH3 is 1. The number of halogens is 2. The maximum absolute atomic E-state index is 6.13. The van der Waals surface area contributed by atoms with Crippen LogP contribution in [0.3, 0.4) is 0 Å². The van der Waals surface area contributed by atoms with Crippen molar-refractivity contribution in [2.24, 2.45) is 10.7 Å². The van der Waals surface area contributed by atoms with Gasteiger partial charge in [0.2, 0.25) is 0 Å². The molecule has 0 unspecified atom stereocenters. The minimum atomic E-state index is 0.524. The van der Waals surface area contributed by atoms with Crippen LogP contribution in [0, 0.1) is 0 Å². The Hall–Kier alpha value is -1.01. The molecule has 2 aromatic carbocycles. The van der Waals surface area contributed by atoms with E-state index in [1.165, 1.54) is 11.8 Å². The third-order valence-electron chi connectivity index (χ3n) is 2.78. The van der Waals surface area contributed by atoms with E-state index in [4.69, 9.17) is 33.7 Å². The lowest BCUT2D eigenvalue weighted by molar-refractivity contribution is 0.415. The minimum Gasteiger partial charge on any atom is -0.497 e. The molecule has 0 radical (unpaired) electrons. The van der Waals surface area contributed by atoms with E-state index in [0.29, 0.717) is 15.2 Å². The number of nitrogens with two attached hydrogens (primary N) is 1. The van der Waals surface area contributed by atoms with Gasteiger partial charge in [0.05, 0.1) is 17.8 Å². The lowest BCUT2D eigenvalue weighted by atomic mass is 10.3. The van der Waals surface area contributed by atoms with Gasteiger partial charge in [-0.3, -0.25) is 0 Å². The highest BCUT2D eigenvalue weighted by Crippen LogP contribution is 2.30. The molecule has 0 aromatic heterocycles. The molecule has 23 heavy (non-hydrogen) atoms. The Kier molecular flexibility index (Phi) is 7.43. The second kappa shape index (κ2) is 9.33. The van der Waals surface area contributed by atoms with Crippen LogP contribution in [-0.4, -0.2) is 23.8 Å². The summed E-state index contributed by atoms with van der Waals surface area (Å²) < 4.78 is 5.16. The first-order chi connectivity index (χ1) is 11.1. The van der Waals surface area contributed by atoms with E-state index in [0.717, 1.165) is 27.8 Å². The molecular formula is C16H16Cl2N2OS2. The zero-order valence-corrected chi connectivity index (χ0v) is 15.6. The quantitative estimate of drug-likeness (QED) is 0.309. The van der Waals surface area contributed by atoms with Gasteiger partial charge in [-0.1, -0.05) is 41.0 Å². The predicted molar refractivity (Wildman–Crippen MR) is 104 cm³/mol. The van der Waals surface area contributed by atoms with Crippen molar-refractivity contribution in [1.29, 1.82) is 0 Å². The Morgan fingerprint density at radius 3 is 2.78 bits per heavy atom. The fourth-order valence-electron chi connectivity index (χ4n) is 1.73. The molecule has 0 bridgehead atoms. The van der Waals surface area contributed by atoms with Gasteiger partial charge in [0.25, 0.3) is 0 Å². The molecule has 0 aliphatic carbocycles. The number of hydrogen-bond acceptors (Lipinski definition) is 4. The van der Waals surface area contributed by atoms with Crippen LogP contribution in [-0.2, 0) is 0 Å². The van der Waals surface area contributed by atoms with Crippen molar-refractivity contribution >= 4 is 57.6 Å². The van der Waals surface area contributed by atoms with E-state index in [-0.39, 0.29) is 0 Å². The molecule has 2 rings (SSSR count). The number of hydrogen-bond donors (Lipinski definition) is 1. The van der Waals surface area contributed by atoms with Gasteiger partial charge in [-0.05, 0) is 30.3 Å². The molecule has 0 atom stereocenters. The monoisotopic (exact) mass is 386 g/mol. The van der Waals surface area contributed by atoms with E-state index < -0.39 is 0 Å². The summed E-state index contributed by atoms with van der Waals surface area (Å²) in [6.07, 6.45) is 0. The topological polar surface area (TPSA) is 47.6 Å². The zero-order chi connectivity index (χ0) is 16.7. The number of amidine groups is 1. The molecule has 0 saturated heterocycles. The van der Waals surface area contributed by atoms with E-state index >= 15 is 0 Å². The molecule has 0 saturated carbocycles. The summed E-state index contributed by atoms with van der Waals surface area (Å²) in [5.74, 6) is 2.45. The first-order valence-corrected chi connectivity index (χ1v) is 9.50. The van der Waals surface area contributed by atoms with Crippen molar-refractivity contribution in [1.82, 2.24) is 0 Å². The highest BCUT2D eigenvalue weighted by Gasteiger charge is 2.03. The van der Waals surface area contributed by atoms with Crippen molar-refractivity contribution in [3.05, 3.63) is 52.5 Å². The van der Waals surface area contributed by atoms with Crippen LogP contribution in [0.5, 0.6) is 5.75 Å². The average Bonchev–Trinajstić information content (AvgIpc) is 2.54. The predicted octanol–water partition coefficient (Wildman–Crippen LogP) is 5.47. The molecule has 0 heterocycles. The second-order valence-corrected chi connectivity index (χ2v) is 7.52. The third-order valence-corrected chi connectivity index (χ3v) is 5.56. The highest BCUT2D eigenvalue weighted by atomic mass is 35.5. The number of ether oxygens (including phenoxy) is 1. The number of nitrogens with zero attached hydrogens (tertiary/aromatic N) is 1. The number of rotatable bonds is 6. The van der Waals surface area contributed by atoms with Crippen LogP contribution in [0.15, 0.2) is 52.4 Å². The van der Waals surface area contributed by atoms with E-state index in [1.807, 2.05) is 30.3 Å². The minimum absolute atomic E-state index is 0.524. The largest absolute Gasteiger partial charge is 0.497 e. The summed E-state index contributed by atoms with van der Waals surface area (Å²) in [5.41, 5.74) is 6.72. The number of thioether (sulfide) groups is 2. The summed E-state index contributed by atoms with van der Waals surface area (Å²) in [6.45, 7) is 0. The Morgan fingerprint density at radius 1 is 1.17 bits per heavy atom. The fraction of sp³-hybridized carbons (Fsp3) is 0.188. The van der Waals surface area contributed by atoms with Crippen LogP contribution >= 0.6 is 46.7 Å². The molecule has 7 heteroatoms. The van der Waals surface area contributed by atoms with Gasteiger partial charge in [-0.25, -0.2) is 4.99 Å². The van der Waals surface area contributed by atoms with Crippen molar-refractivity contribution < 1.29 is 4.74 Å². The number of benzene rings is 2. The van der Waals surface area contributed by atoms with Gasteiger partial charge >= 0.3 is 0 Å². The van der Waals surface area contributed by atoms with Crippen molar-refractivity contribution in [3.8, 4) is 5.75 Å². The normalized spacial score (nSPS) is 11.5. The molecule has 2 N–H and O–H groups in total. The van der Waals surface area contributed by atoms with Gasteiger partial charge in [0.1, 0.15) is 5.75 Å². The summed E-state index contributed by atoms with van der Waals surface area (Å²) in [5, 5.41) is 1.92. The summed E-state index contributed by atoms with van der Waals surface area (Å²) in [6, 6.07) is 12.9. The van der Waals surface area contributed by atoms with E-state index in [2.05, 4.69) is 4.99 Å². The van der Waals surface area contributed by atoms with E-state index in [9.17, 15) is 0 Å². The van der Waals surface area contributed by atoms with E-state index in [1.54, 1.807) is 31.0 Å². The standard InChI is InChI=1S/C16H16Cl2N2OS2/c1-21-13-4-2-3-12(10-13)20-16(19)23-8-7-22-15-9-11(17)5-6-14(15)18/h2-6,9-10H,7-8H2,1H3,(H2,19,20). The molecule has 3 nitrogen and oxygen atoms in total. The molecule has 0 amide bonds. The van der Waals surface area contributed by atoms with Gasteiger partial charge < -0.3 is 10.5 Å². The Bertz CT molecular complexity index is 696. The van der Waals surface area contributed by atoms with Crippen LogP contribution in [0.4, 0.5) is 5.69 Å². The van der Waals surface area contributed by atoms with Gasteiger partial charge in [-0.15, -0.1) is 11.8 Å². The lowest BCUT2D eigenvalue weighted by Crippen LogP contribution is -2.07. The summed E-state index contributed by atoms with van der Waals surface area (Å²) in [7, 11) is 1.62. The van der Waals surface area contributed by atoms with Crippen LogP contribution in [0.2, 0.25) is 10.0 Å². The zero-order valence-electron chi connectivity index (χ0n) is 12.5. The first kappa shape index (κ1) is 18.3. The maximum Gasteiger partial charge on any atom is 0.159 e. The molecule has 0 spiro atoms. The van der Waals surface area contributed by atoms with Crippen LogP contribution < -0.4 is 10.5 Å². The van der Waals surface area contributed by atoms with Crippen LogP contribution in [0.1, 0.15) is 0 Å². The summed E-state index contributed by atoms with van der Waals surface area (Å²) in [4.78, 5) is 5.34. The number of aliphatic imine (C=N–C) groups is 1. The van der Waals surface area contributed by atoms with Crippen LogP contribution in [0.25, 0.3) is 0 Å². The molecule has 0 aliphatic heterocycles. The highest BCUT2D eigenvalue weighted by molar-refractivity contribution is 8.14.